The minimum absolute atomic E-state index is 0.299. The van der Waals surface area contributed by atoms with Gasteiger partial charge in [-0.25, -0.2) is 0 Å². The van der Waals surface area contributed by atoms with Gasteiger partial charge in [-0.2, -0.15) is 0 Å². The van der Waals surface area contributed by atoms with Gasteiger partial charge in [0.1, 0.15) is 12.0 Å². The molecule has 1 heterocycles. The van der Waals surface area contributed by atoms with Crippen LogP contribution in [0.4, 0.5) is 13.2 Å². The Morgan fingerprint density at radius 2 is 2.18 bits per heavy atom. The number of alkyl halides is 3. The quantitative estimate of drug-likeness (QED) is 0.809. The van der Waals surface area contributed by atoms with Crippen molar-refractivity contribution < 1.29 is 22.7 Å². The smallest absolute Gasteiger partial charge is 0.406 e. The van der Waals surface area contributed by atoms with E-state index in [0.29, 0.717) is 24.8 Å². The topological polar surface area (TPSA) is 38.3 Å². The van der Waals surface area contributed by atoms with E-state index in [1.54, 1.807) is 6.07 Å². The van der Waals surface area contributed by atoms with E-state index in [0.717, 1.165) is 5.56 Å². The van der Waals surface area contributed by atoms with Crippen molar-refractivity contribution in [3.8, 4) is 5.75 Å². The van der Waals surface area contributed by atoms with Crippen LogP contribution in [0.1, 0.15) is 17.2 Å². The first-order valence-electron chi connectivity index (χ1n) is 5.07. The Hall–Kier alpha value is -1.56. The predicted molar refractivity (Wildman–Crippen MR) is 53.6 cm³/mol. The second-order valence-corrected chi connectivity index (χ2v) is 3.73. The summed E-state index contributed by atoms with van der Waals surface area (Å²) in [5, 5.41) is 2.91. The lowest BCUT2D eigenvalue weighted by Gasteiger charge is -2.23. The molecule has 92 valence electrons. The van der Waals surface area contributed by atoms with E-state index >= 15 is 0 Å². The van der Waals surface area contributed by atoms with Gasteiger partial charge in [0, 0.05) is 6.54 Å². The summed E-state index contributed by atoms with van der Waals surface area (Å²) in [6, 6.07) is 3.52. The minimum Gasteiger partial charge on any atom is -0.406 e. The molecule has 1 aliphatic heterocycles. The van der Waals surface area contributed by atoms with Crippen molar-refractivity contribution >= 4 is 6.29 Å². The molecule has 1 aromatic carbocycles. The third-order valence-corrected chi connectivity index (χ3v) is 2.58. The second-order valence-electron chi connectivity index (χ2n) is 3.73. The lowest BCUT2D eigenvalue weighted by molar-refractivity contribution is -0.274. The van der Waals surface area contributed by atoms with Crippen molar-refractivity contribution in [2.75, 3.05) is 6.54 Å². The maximum atomic E-state index is 12.0. The summed E-state index contributed by atoms with van der Waals surface area (Å²) in [5.41, 5.74) is 1.42. The Morgan fingerprint density at radius 3 is 2.82 bits per heavy atom. The molecule has 1 aromatic rings. The van der Waals surface area contributed by atoms with E-state index in [1.807, 2.05) is 0 Å². The highest BCUT2D eigenvalue weighted by Crippen LogP contribution is 2.29. The number of carbonyl (C=O) groups excluding carboxylic acids is 1. The lowest BCUT2D eigenvalue weighted by Crippen LogP contribution is -2.30. The average molecular weight is 245 g/mol. The molecular formula is C11H10F3NO2. The van der Waals surface area contributed by atoms with E-state index < -0.39 is 12.4 Å². The fourth-order valence-corrected chi connectivity index (χ4v) is 1.88. The summed E-state index contributed by atoms with van der Waals surface area (Å²) in [7, 11) is 0. The van der Waals surface area contributed by atoms with Crippen LogP contribution in [0.25, 0.3) is 0 Å². The largest absolute Gasteiger partial charge is 0.573 e. The van der Waals surface area contributed by atoms with Crippen molar-refractivity contribution in [2.45, 2.75) is 18.8 Å². The normalized spacial score (nSPS) is 19.6. The zero-order valence-corrected chi connectivity index (χ0v) is 8.75. The van der Waals surface area contributed by atoms with E-state index in [-0.39, 0.29) is 5.75 Å². The fraction of sp³-hybridized carbons (Fsp3) is 0.364. The molecule has 2 rings (SSSR count). The molecule has 0 amide bonds. The standard InChI is InChI=1S/C11H10F3NO2/c12-11(13,14)17-8-2-1-7-3-4-15-10(6-16)9(7)5-8/h1-2,5-6,10,15H,3-4H2. The number of rotatable bonds is 2. The maximum Gasteiger partial charge on any atom is 0.573 e. The number of halogens is 3. The van der Waals surface area contributed by atoms with Gasteiger partial charge in [0.15, 0.2) is 0 Å². The highest BCUT2D eigenvalue weighted by atomic mass is 19.4. The van der Waals surface area contributed by atoms with Gasteiger partial charge in [0.25, 0.3) is 0 Å². The minimum atomic E-state index is -4.72. The zero-order chi connectivity index (χ0) is 12.5. The zero-order valence-electron chi connectivity index (χ0n) is 8.75. The number of nitrogens with one attached hydrogen (secondary N) is 1. The summed E-state index contributed by atoms with van der Waals surface area (Å²) in [6.45, 7) is 0.635. The highest BCUT2D eigenvalue weighted by molar-refractivity contribution is 5.64. The van der Waals surface area contributed by atoms with Gasteiger partial charge in [-0.05, 0) is 29.7 Å². The van der Waals surface area contributed by atoms with Crippen LogP contribution in [0.5, 0.6) is 5.75 Å². The van der Waals surface area contributed by atoms with E-state index in [9.17, 15) is 18.0 Å². The molecule has 1 aliphatic rings. The SMILES string of the molecule is O=CC1NCCc2ccc(OC(F)(F)F)cc21. The third kappa shape index (κ3) is 2.76. The van der Waals surface area contributed by atoms with Gasteiger partial charge in [-0.3, -0.25) is 0 Å². The van der Waals surface area contributed by atoms with Crippen LogP contribution in [0, 0.1) is 0 Å². The molecule has 0 saturated heterocycles. The van der Waals surface area contributed by atoms with Crippen molar-refractivity contribution in [3.63, 3.8) is 0 Å². The first-order valence-corrected chi connectivity index (χ1v) is 5.07. The Labute approximate surface area is 95.6 Å². The molecular weight excluding hydrogens is 235 g/mol. The predicted octanol–water partition coefficient (Wildman–Crippen LogP) is 1.97. The molecule has 3 nitrogen and oxygen atoms in total. The average Bonchev–Trinajstić information content (AvgIpc) is 2.26. The molecule has 6 heteroatoms. The Morgan fingerprint density at radius 1 is 1.41 bits per heavy atom. The first kappa shape index (κ1) is 11.9. The molecule has 0 spiro atoms. The number of aldehydes is 1. The number of benzene rings is 1. The molecule has 0 bridgehead atoms. The van der Waals surface area contributed by atoms with E-state index in [4.69, 9.17) is 0 Å². The summed E-state index contributed by atoms with van der Waals surface area (Å²) >= 11 is 0. The summed E-state index contributed by atoms with van der Waals surface area (Å²) in [6.07, 6.45) is -3.35. The number of ether oxygens (including phenoxy) is 1. The van der Waals surface area contributed by atoms with Gasteiger partial charge in [0.05, 0.1) is 6.04 Å². The van der Waals surface area contributed by atoms with Gasteiger partial charge >= 0.3 is 6.36 Å². The molecule has 0 radical (unpaired) electrons. The monoisotopic (exact) mass is 245 g/mol. The van der Waals surface area contributed by atoms with Gasteiger partial charge in [-0.1, -0.05) is 6.07 Å². The summed E-state index contributed by atoms with van der Waals surface area (Å²) in [4.78, 5) is 10.8. The van der Waals surface area contributed by atoms with Crippen LogP contribution in [-0.2, 0) is 11.2 Å². The fourth-order valence-electron chi connectivity index (χ4n) is 1.88. The molecule has 0 aliphatic carbocycles. The van der Waals surface area contributed by atoms with Crippen LogP contribution in [0.15, 0.2) is 18.2 Å². The molecule has 1 unspecified atom stereocenters. The molecule has 0 aromatic heterocycles. The van der Waals surface area contributed by atoms with Gasteiger partial charge in [0.2, 0.25) is 0 Å². The molecule has 1 atom stereocenters. The Balaban J connectivity index is 2.31. The van der Waals surface area contributed by atoms with E-state index in [1.165, 1.54) is 12.1 Å². The lowest BCUT2D eigenvalue weighted by atomic mass is 9.95. The van der Waals surface area contributed by atoms with Crippen LogP contribution in [0.2, 0.25) is 0 Å². The van der Waals surface area contributed by atoms with Crippen molar-refractivity contribution in [1.29, 1.82) is 0 Å². The van der Waals surface area contributed by atoms with Crippen LogP contribution < -0.4 is 10.1 Å². The summed E-state index contributed by atoms with van der Waals surface area (Å²) < 4.78 is 40.0. The van der Waals surface area contributed by atoms with Crippen molar-refractivity contribution in [1.82, 2.24) is 5.32 Å². The number of carbonyl (C=O) groups is 1. The molecule has 0 saturated carbocycles. The number of hydrogen-bond acceptors (Lipinski definition) is 3. The molecule has 17 heavy (non-hydrogen) atoms. The second kappa shape index (κ2) is 4.37. The van der Waals surface area contributed by atoms with Crippen LogP contribution >= 0.6 is 0 Å². The van der Waals surface area contributed by atoms with Gasteiger partial charge in [-0.15, -0.1) is 13.2 Å². The third-order valence-electron chi connectivity index (χ3n) is 2.58. The molecule has 0 fully saturated rings. The van der Waals surface area contributed by atoms with E-state index in [2.05, 4.69) is 10.1 Å². The Bertz CT molecular complexity index is 431. The highest BCUT2D eigenvalue weighted by Gasteiger charge is 2.31. The Kier molecular flexibility index (Phi) is 3.06. The summed E-state index contributed by atoms with van der Waals surface area (Å²) in [5.74, 6) is -0.299. The number of fused-ring (bicyclic) bond motifs is 1. The molecule has 1 N–H and O–H groups in total. The van der Waals surface area contributed by atoms with Crippen molar-refractivity contribution in [3.05, 3.63) is 29.3 Å². The maximum absolute atomic E-state index is 12.0. The van der Waals surface area contributed by atoms with Crippen LogP contribution in [-0.4, -0.2) is 19.2 Å². The van der Waals surface area contributed by atoms with Crippen molar-refractivity contribution in [2.24, 2.45) is 0 Å². The van der Waals surface area contributed by atoms with Gasteiger partial charge < -0.3 is 14.8 Å². The van der Waals surface area contributed by atoms with Crippen LogP contribution in [0.3, 0.4) is 0 Å². The number of hydrogen-bond donors (Lipinski definition) is 1. The first-order chi connectivity index (χ1) is 7.99.